The zero-order valence-corrected chi connectivity index (χ0v) is 14.2. The van der Waals surface area contributed by atoms with Crippen molar-refractivity contribution in [3.63, 3.8) is 0 Å². The van der Waals surface area contributed by atoms with Crippen molar-refractivity contribution in [2.24, 2.45) is 14.1 Å². The smallest absolute Gasteiger partial charge is 0.270 e. The zero-order chi connectivity index (χ0) is 16.4. The Kier molecular flexibility index (Phi) is 4.50. The van der Waals surface area contributed by atoms with Crippen LogP contribution in [0.25, 0.3) is 0 Å². The normalized spacial score (nSPS) is 15.3. The maximum absolute atomic E-state index is 12.9. The van der Waals surface area contributed by atoms with Crippen LogP contribution in [0.4, 0.5) is 0 Å². The largest absolute Gasteiger partial charge is 0.341 e. The molecule has 6 nitrogen and oxygen atoms in total. The molecule has 0 spiro atoms. The van der Waals surface area contributed by atoms with E-state index in [2.05, 4.69) is 22.3 Å². The van der Waals surface area contributed by atoms with Crippen LogP contribution >= 0.6 is 0 Å². The van der Waals surface area contributed by atoms with E-state index < -0.39 is 0 Å². The summed E-state index contributed by atoms with van der Waals surface area (Å²) in [5, 5.41) is 7.71. The summed E-state index contributed by atoms with van der Waals surface area (Å²) in [6.07, 6.45) is 9.78. The quantitative estimate of drug-likeness (QED) is 0.921. The molecule has 2 aromatic rings. The van der Waals surface area contributed by atoms with Crippen molar-refractivity contribution < 1.29 is 4.79 Å². The number of hydrogen-bond donors (Lipinski definition) is 1. The standard InChI is InChI=1S/C17H25N5O/c1-4-7-14(16-18-10-11-21(16)2)19-17(23)15-12-8-5-6-9-13(12)20-22(15)3/h10-11,14H,4-9H2,1-3H3,(H,19,23)/t14-/m1/s1. The molecule has 6 heteroatoms. The van der Waals surface area contributed by atoms with E-state index >= 15 is 0 Å². The number of amides is 1. The van der Waals surface area contributed by atoms with Crippen LogP contribution in [-0.4, -0.2) is 25.2 Å². The molecule has 0 aliphatic heterocycles. The number of aromatic nitrogens is 4. The number of fused-ring (bicyclic) bond motifs is 1. The summed E-state index contributed by atoms with van der Waals surface area (Å²) in [4.78, 5) is 17.3. The third-order valence-electron chi connectivity index (χ3n) is 4.59. The monoisotopic (exact) mass is 315 g/mol. The van der Waals surface area contributed by atoms with Gasteiger partial charge >= 0.3 is 0 Å². The van der Waals surface area contributed by atoms with Crippen molar-refractivity contribution >= 4 is 5.91 Å². The molecule has 0 saturated heterocycles. The Labute approximate surface area is 136 Å². The van der Waals surface area contributed by atoms with Crippen molar-refractivity contribution in [3.8, 4) is 0 Å². The van der Waals surface area contributed by atoms with E-state index in [9.17, 15) is 4.79 Å². The number of carbonyl (C=O) groups is 1. The van der Waals surface area contributed by atoms with Gasteiger partial charge in [0.25, 0.3) is 5.91 Å². The molecular weight excluding hydrogens is 290 g/mol. The van der Waals surface area contributed by atoms with Gasteiger partial charge in [0, 0.05) is 32.1 Å². The van der Waals surface area contributed by atoms with Crippen LogP contribution in [-0.2, 0) is 26.9 Å². The Morgan fingerprint density at radius 3 is 2.83 bits per heavy atom. The van der Waals surface area contributed by atoms with Crippen molar-refractivity contribution in [2.45, 2.75) is 51.5 Å². The molecule has 1 atom stereocenters. The summed E-state index contributed by atoms with van der Waals surface area (Å²) < 4.78 is 3.71. The number of imidazole rings is 1. The topological polar surface area (TPSA) is 64.7 Å². The molecule has 3 rings (SSSR count). The average molecular weight is 315 g/mol. The van der Waals surface area contributed by atoms with Gasteiger partial charge < -0.3 is 9.88 Å². The van der Waals surface area contributed by atoms with Gasteiger partial charge in [-0.05, 0) is 32.1 Å². The van der Waals surface area contributed by atoms with Crippen LogP contribution in [0.1, 0.15) is 66.2 Å². The summed E-state index contributed by atoms with van der Waals surface area (Å²) in [5.41, 5.74) is 2.94. The summed E-state index contributed by atoms with van der Waals surface area (Å²) in [5.74, 6) is 0.862. The minimum atomic E-state index is -0.0679. The molecule has 1 aliphatic carbocycles. The molecular formula is C17H25N5O. The second kappa shape index (κ2) is 6.56. The third-order valence-corrected chi connectivity index (χ3v) is 4.59. The van der Waals surface area contributed by atoms with Gasteiger partial charge in [-0.1, -0.05) is 13.3 Å². The fourth-order valence-corrected chi connectivity index (χ4v) is 3.46. The number of hydrogen-bond acceptors (Lipinski definition) is 3. The van der Waals surface area contributed by atoms with Crippen LogP contribution in [0.2, 0.25) is 0 Å². The van der Waals surface area contributed by atoms with Gasteiger partial charge in [-0.25, -0.2) is 4.98 Å². The minimum Gasteiger partial charge on any atom is -0.341 e. The summed E-state index contributed by atoms with van der Waals surface area (Å²) in [7, 11) is 3.83. The van der Waals surface area contributed by atoms with Crippen LogP contribution in [0.15, 0.2) is 12.4 Å². The lowest BCUT2D eigenvalue weighted by Gasteiger charge is -2.19. The molecule has 1 aliphatic rings. The highest BCUT2D eigenvalue weighted by Gasteiger charge is 2.26. The minimum absolute atomic E-state index is 0.0374. The number of rotatable bonds is 5. The Morgan fingerprint density at radius 2 is 2.13 bits per heavy atom. The van der Waals surface area contributed by atoms with Gasteiger partial charge in [0.1, 0.15) is 11.5 Å². The highest BCUT2D eigenvalue weighted by molar-refractivity contribution is 5.94. The second-order valence-corrected chi connectivity index (χ2v) is 6.32. The van der Waals surface area contributed by atoms with Gasteiger partial charge in [-0.3, -0.25) is 9.48 Å². The fourth-order valence-electron chi connectivity index (χ4n) is 3.46. The number of aryl methyl sites for hydroxylation is 3. The van der Waals surface area contributed by atoms with E-state index in [4.69, 9.17) is 0 Å². The number of nitrogens with zero attached hydrogens (tertiary/aromatic N) is 4. The zero-order valence-electron chi connectivity index (χ0n) is 14.2. The van der Waals surface area contributed by atoms with E-state index in [0.29, 0.717) is 0 Å². The Bertz CT molecular complexity index is 700. The van der Waals surface area contributed by atoms with Crippen LogP contribution < -0.4 is 5.32 Å². The molecule has 23 heavy (non-hydrogen) atoms. The predicted octanol–water partition coefficient (Wildman–Crippen LogP) is 2.30. The Balaban J connectivity index is 1.85. The first-order valence-corrected chi connectivity index (χ1v) is 8.44. The summed E-state index contributed by atoms with van der Waals surface area (Å²) >= 11 is 0. The van der Waals surface area contributed by atoms with E-state index in [1.165, 1.54) is 0 Å². The van der Waals surface area contributed by atoms with E-state index in [-0.39, 0.29) is 11.9 Å². The third kappa shape index (κ3) is 3.02. The molecule has 124 valence electrons. The van der Waals surface area contributed by atoms with Gasteiger partial charge in [-0.2, -0.15) is 5.10 Å². The van der Waals surface area contributed by atoms with Crippen LogP contribution in [0.3, 0.4) is 0 Å². The lowest BCUT2D eigenvalue weighted by Crippen LogP contribution is -2.32. The highest BCUT2D eigenvalue weighted by atomic mass is 16.2. The molecule has 0 saturated carbocycles. The van der Waals surface area contributed by atoms with E-state index in [1.807, 2.05) is 24.9 Å². The van der Waals surface area contributed by atoms with Gasteiger partial charge in [0.2, 0.25) is 0 Å². The van der Waals surface area contributed by atoms with Gasteiger partial charge in [0.15, 0.2) is 0 Å². The molecule has 0 bridgehead atoms. The lowest BCUT2D eigenvalue weighted by molar-refractivity contribution is 0.0921. The lowest BCUT2D eigenvalue weighted by atomic mass is 9.95. The van der Waals surface area contributed by atoms with Gasteiger partial charge in [0.05, 0.1) is 11.7 Å². The first kappa shape index (κ1) is 15.8. The Hall–Kier alpha value is -2.11. The van der Waals surface area contributed by atoms with Gasteiger partial charge in [-0.15, -0.1) is 0 Å². The second-order valence-electron chi connectivity index (χ2n) is 6.32. The average Bonchev–Trinajstić information content (AvgIpc) is 3.09. The molecule has 1 amide bonds. The molecule has 0 unspecified atom stereocenters. The molecule has 2 aromatic heterocycles. The molecule has 0 radical (unpaired) electrons. The van der Waals surface area contributed by atoms with Crippen molar-refractivity contribution in [1.82, 2.24) is 24.6 Å². The maximum atomic E-state index is 12.9. The highest BCUT2D eigenvalue weighted by Crippen LogP contribution is 2.25. The maximum Gasteiger partial charge on any atom is 0.270 e. The van der Waals surface area contributed by atoms with E-state index in [1.54, 1.807) is 10.9 Å². The first-order valence-electron chi connectivity index (χ1n) is 8.44. The number of carbonyl (C=O) groups excluding carboxylic acids is 1. The van der Waals surface area contributed by atoms with Crippen molar-refractivity contribution in [1.29, 1.82) is 0 Å². The number of nitrogens with one attached hydrogen (secondary N) is 1. The Morgan fingerprint density at radius 1 is 1.35 bits per heavy atom. The molecule has 0 fully saturated rings. The first-order chi connectivity index (χ1) is 11.1. The van der Waals surface area contributed by atoms with Crippen LogP contribution in [0.5, 0.6) is 0 Å². The van der Waals surface area contributed by atoms with Crippen molar-refractivity contribution in [3.05, 3.63) is 35.2 Å². The molecule has 2 heterocycles. The van der Waals surface area contributed by atoms with E-state index in [0.717, 1.165) is 61.3 Å². The predicted molar refractivity (Wildman–Crippen MR) is 88.2 cm³/mol. The van der Waals surface area contributed by atoms with Crippen LogP contribution in [0, 0.1) is 0 Å². The molecule has 1 N–H and O–H groups in total. The summed E-state index contributed by atoms with van der Waals surface area (Å²) in [6, 6.07) is -0.0679. The molecule has 0 aromatic carbocycles. The SMILES string of the molecule is CCC[C@@H](NC(=O)c1c2c(nn1C)CCCC2)c1nccn1C. The summed E-state index contributed by atoms with van der Waals surface area (Å²) in [6.45, 7) is 2.12. The fraction of sp³-hybridized carbons (Fsp3) is 0.588. The van der Waals surface area contributed by atoms with Crippen molar-refractivity contribution in [2.75, 3.05) is 0 Å².